The van der Waals surface area contributed by atoms with Crippen molar-refractivity contribution in [3.63, 3.8) is 0 Å². The SMILES string of the molecule is CC(C)CN1CCN(c2cc(C(=N)c3cc(OC(C)C)ncc3N)ccn2)CC1. The molecule has 0 bridgehead atoms. The summed E-state index contributed by atoms with van der Waals surface area (Å²) in [7, 11) is 0. The highest BCUT2D eigenvalue weighted by Crippen LogP contribution is 2.23. The molecule has 7 heteroatoms. The summed E-state index contributed by atoms with van der Waals surface area (Å²) in [6.45, 7) is 13.5. The minimum atomic E-state index is 0.00930. The number of nitrogens with zero attached hydrogens (tertiary/aromatic N) is 4. The molecule has 1 fully saturated rings. The summed E-state index contributed by atoms with van der Waals surface area (Å²) >= 11 is 0. The van der Waals surface area contributed by atoms with Gasteiger partial charge in [-0.15, -0.1) is 0 Å². The number of nitrogens with one attached hydrogen (secondary N) is 1. The largest absolute Gasteiger partial charge is 0.475 e. The lowest BCUT2D eigenvalue weighted by Crippen LogP contribution is -2.47. The van der Waals surface area contributed by atoms with E-state index in [0.29, 0.717) is 28.8 Å². The zero-order chi connectivity index (χ0) is 21.0. The standard InChI is InChI=1S/C22H32N6O/c1-15(2)14-27-7-9-28(10-8-27)20-11-17(5-6-25-20)22(24)18-12-21(29-16(3)4)26-13-19(18)23/h5-6,11-13,15-16,24H,7-10,14,23H2,1-4H3. The fourth-order valence-electron chi connectivity index (χ4n) is 3.55. The first kappa shape index (κ1) is 21.0. The van der Waals surface area contributed by atoms with Crippen molar-refractivity contribution in [1.29, 1.82) is 5.41 Å². The van der Waals surface area contributed by atoms with Gasteiger partial charge in [-0.25, -0.2) is 9.97 Å². The molecular weight excluding hydrogens is 364 g/mol. The molecule has 0 aliphatic carbocycles. The molecule has 3 N–H and O–H groups in total. The summed E-state index contributed by atoms with van der Waals surface area (Å²) in [4.78, 5) is 13.5. The highest BCUT2D eigenvalue weighted by molar-refractivity contribution is 6.14. The summed E-state index contributed by atoms with van der Waals surface area (Å²) in [5.74, 6) is 2.06. The van der Waals surface area contributed by atoms with Gasteiger partial charge in [0.05, 0.1) is 23.7 Å². The third-order valence-electron chi connectivity index (χ3n) is 4.89. The second-order valence-corrected chi connectivity index (χ2v) is 8.24. The maximum Gasteiger partial charge on any atom is 0.214 e. The van der Waals surface area contributed by atoms with Crippen molar-refractivity contribution < 1.29 is 4.74 Å². The van der Waals surface area contributed by atoms with Crippen LogP contribution in [0.2, 0.25) is 0 Å². The fraction of sp³-hybridized carbons (Fsp3) is 0.500. The number of piperazine rings is 1. The predicted molar refractivity (Wildman–Crippen MR) is 118 cm³/mol. The summed E-state index contributed by atoms with van der Waals surface area (Å²) in [6.07, 6.45) is 3.33. The van der Waals surface area contributed by atoms with E-state index >= 15 is 0 Å². The molecule has 0 saturated carbocycles. The molecular formula is C22H32N6O. The van der Waals surface area contributed by atoms with E-state index in [-0.39, 0.29) is 6.10 Å². The molecule has 0 unspecified atom stereocenters. The Hall–Kier alpha value is -2.67. The number of aromatic nitrogens is 2. The Bertz CT molecular complexity index is 843. The topological polar surface area (TPSA) is 91.4 Å². The molecule has 0 aromatic carbocycles. The second kappa shape index (κ2) is 9.22. The first-order chi connectivity index (χ1) is 13.8. The fourth-order valence-corrected chi connectivity index (χ4v) is 3.55. The third kappa shape index (κ3) is 5.44. The molecule has 2 aromatic heterocycles. The van der Waals surface area contributed by atoms with Crippen molar-refractivity contribution in [3.05, 3.63) is 41.7 Å². The van der Waals surface area contributed by atoms with Gasteiger partial charge in [-0.3, -0.25) is 10.3 Å². The Morgan fingerprint density at radius 3 is 2.52 bits per heavy atom. The maximum atomic E-state index is 8.69. The van der Waals surface area contributed by atoms with Crippen molar-refractivity contribution in [2.24, 2.45) is 5.92 Å². The van der Waals surface area contributed by atoms with E-state index < -0.39 is 0 Å². The molecule has 1 aliphatic heterocycles. The highest BCUT2D eigenvalue weighted by atomic mass is 16.5. The Labute approximate surface area is 173 Å². The maximum absolute atomic E-state index is 8.69. The lowest BCUT2D eigenvalue weighted by Gasteiger charge is -2.36. The Morgan fingerprint density at radius 2 is 1.86 bits per heavy atom. The number of anilines is 2. The van der Waals surface area contributed by atoms with Gasteiger partial charge in [-0.2, -0.15) is 0 Å². The van der Waals surface area contributed by atoms with E-state index in [4.69, 9.17) is 15.9 Å². The number of nitrogen functional groups attached to an aromatic ring is 1. The van der Waals surface area contributed by atoms with E-state index in [1.54, 1.807) is 18.5 Å². The summed E-state index contributed by atoms with van der Waals surface area (Å²) in [6, 6.07) is 5.56. The Balaban J connectivity index is 1.75. The van der Waals surface area contributed by atoms with Crippen LogP contribution in [-0.4, -0.2) is 59.4 Å². The van der Waals surface area contributed by atoms with Crippen molar-refractivity contribution in [2.75, 3.05) is 43.4 Å². The first-order valence-electron chi connectivity index (χ1n) is 10.3. The van der Waals surface area contributed by atoms with Gasteiger partial charge in [0, 0.05) is 56.1 Å². The summed E-state index contributed by atoms with van der Waals surface area (Å²) in [5, 5.41) is 8.69. The summed E-state index contributed by atoms with van der Waals surface area (Å²) in [5.41, 5.74) is 8.32. The predicted octanol–water partition coefficient (Wildman–Crippen LogP) is 3.04. The van der Waals surface area contributed by atoms with Crippen LogP contribution >= 0.6 is 0 Å². The van der Waals surface area contributed by atoms with Crippen LogP contribution in [0.3, 0.4) is 0 Å². The number of pyridine rings is 2. The molecule has 156 valence electrons. The molecule has 3 heterocycles. The van der Waals surface area contributed by atoms with Crippen molar-refractivity contribution >= 4 is 17.2 Å². The third-order valence-corrected chi connectivity index (χ3v) is 4.89. The molecule has 0 amide bonds. The van der Waals surface area contributed by atoms with Crippen LogP contribution in [0.4, 0.5) is 11.5 Å². The van der Waals surface area contributed by atoms with Gasteiger partial charge in [0.1, 0.15) is 5.82 Å². The van der Waals surface area contributed by atoms with E-state index in [0.717, 1.165) is 44.1 Å². The molecule has 7 nitrogen and oxygen atoms in total. The van der Waals surface area contributed by atoms with Gasteiger partial charge < -0.3 is 15.4 Å². The number of rotatable bonds is 7. The highest BCUT2D eigenvalue weighted by Gasteiger charge is 2.20. The van der Waals surface area contributed by atoms with E-state index in [1.807, 2.05) is 26.0 Å². The molecule has 2 aromatic rings. The van der Waals surface area contributed by atoms with Crippen LogP contribution in [0.1, 0.15) is 38.8 Å². The minimum Gasteiger partial charge on any atom is -0.475 e. The second-order valence-electron chi connectivity index (χ2n) is 8.24. The average Bonchev–Trinajstić information content (AvgIpc) is 2.69. The van der Waals surface area contributed by atoms with Crippen molar-refractivity contribution in [2.45, 2.75) is 33.8 Å². The monoisotopic (exact) mass is 396 g/mol. The lowest BCUT2D eigenvalue weighted by atomic mass is 10.0. The molecule has 0 radical (unpaired) electrons. The molecule has 0 atom stereocenters. The van der Waals surface area contributed by atoms with Crippen molar-refractivity contribution in [3.8, 4) is 5.88 Å². The van der Waals surface area contributed by atoms with Crippen LogP contribution in [0, 0.1) is 11.3 Å². The van der Waals surface area contributed by atoms with Crippen LogP contribution < -0.4 is 15.4 Å². The van der Waals surface area contributed by atoms with E-state index in [9.17, 15) is 0 Å². The van der Waals surface area contributed by atoms with Gasteiger partial charge >= 0.3 is 0 Å². The number of hydrogen-bond donors (Lipinski definition) is 2. The van der Waals surface area contributed by atoms with Gasteiger partial charge in [0.2, 0.25) is 5.88 Å². The smallest absolute Gasteiger partial charge is 0.214 e. The van der Waals surface area contributed by atoms with E-state index in [1.165, 1.54) is 0 Å². The Kier molecular flexibility index (Phi) is 6.69. The summed E-state index contributed by atoms with van der Waals surface area (Å²) < 4.78 is 5.66. The van der Waals surface area contributed by atoms with Gasteiger partial charge in [0.15, 0.2) is 0 Å². The molecule has 3 rings (SSSR count). The number of hydrogen-bond acceptors (Lipinski definition) is 7. The zero-order valence-corrected chi connectivity index (χ0v) is 17.9. The van der Waals surface area contributed by atoms with Gasteiger partial charge in [0.25, 0.3) is 0 Å². The average molecular weight is 397 g/mol. The first-order valence-corrected chi connectivity index (χ1v) is 10.3. The zero-order valence-electron chi connectivity index (χ0n) is 17.9. The lowest BCUT2D eigenvalue weighted by molar-refractivity contribution is 0.231. The van der Waals surface area contributed by atoms with E-state index in [2.05, 4.69) is 33.6 Å². The number of nitrogens with two attached hydrogens (primary N) is 1. The molecule has 1 aliphatic rings. The quantitative estimate of drug-likeness (QED) is 0.699. The Morgan fingerprint density at radius 1 is 1.14 bits per heavy atom. The van der Waals surface area contributed by atoms with Crippen LogP contribution in [0.25, 0.3) is 0 Å². The van der Waals surface area contributed by atoms with Crippen molar-refractivity contribution in [1.82, 2.24) is 14.9 Å². The van der Waals surface area contributed by atoms with Crippen LogP contribution in [0.5, 0.6) is 5.88 Å². The normalized spacial score (nSPS) is 15.2. The van der Waals surface area contributed by atoms with Crippen LogP contribution in [0.15, 0.2) is 30.6 Å². The molecule has 29 heavy (non-hydrogen) atoms. The van der Waals surface area contributed by atoms with Gasteiger partial charge in [-0.05, 0) is 31.9 Å². The minimum absolute atomic E-state index is 0.00930. The van der Waals surface area contributed by atoms with Crippen LogP contribution in [-0.2, 0) is 0 Å². The van der Waals surface area contributed by atoms with Gasteiger partial charge in [-0.1, -0.05) is 13.8 Å². The number of ether oxygens (including phenoxy) is 1. The molecule has 1 saturated heterocycles. The molecule has 0 spiro atoms.